The van der Waals surface area contributed by atoms with Gasteiger partial charge >= 0.3 is 12.0 Å². The highest BCUT2D eigenvalue weighted by atomic mass is 19.1. The van der Waals surface area contributed by atoms with E-state index in [0.29, 0.717) is 19.4 Å². The number of nitrogens with zero attached hydrogens (tertiary/aromatic N) is 1. The summed E-state index contributed by atoms with van der Waals surface area (Å²) in [5.41, 5.74) is 0.0373. The SMILES string of the molecule is CN(Cc1ccc(F)cc1)C(=O)NCC1(C(=O)O)CC1. The third-order valence-corrected chi connectivity index (χ3v) is 3.56. The van der Waals surface area contributed by atoms with Crippen molar-refractivity contribution >= 4 is 12.0 Å². The molecule has 2 amide bonds. The van der Waals surface area contributed by atoms with Gasteiger partial charge in [-0.3, -0.25) is 4.79 Å². The van der Waals surface area contributed by atoms with Gasteiger partial charge in [0.2, 0.25) is 0 Å². The van der Waals surface area contributed by atoms with E-state index in [4.69, 9.17) is 5.11 Å². The van der Waals surface area contributed by atoms with Crippen LogP contribution in [0.1, 0.15) is 18.4 Å². The van der Waals surface area contributed by atoms with Crippen molar-refractivity contribution in [2.45, 2.75) is 19.4 Å². The Bertz CT molecular complexity index is 512. The van der Waals surface area contributed by atoms with Gasteiger partial charge in [0, 0.05) is 20.1 Å². The number of nitrogens with one attached hydrogen (secondary N) is 1. The molecular formula is C14H17FN2O3. The van der Waals surface area contributed by atoms with Crippen molar-refractivity contribution in [1.29, 1.82) is 0 Å². The number of carboxylic acid groups (broad SMARTS) is 1. The van der Waals surface area contributed by atoms with E-state index < -0.39 is 11.4 Å². The molecule has 1 aliphatic carbocycles. The van der Waals surface area contributed by atoms with Crippen LogP contribution in [0.2, 0.25) is 0 Å². The monoisotopic (exact) mass is 280 g/mol. The highest BCUT2D eigenvalue weighted by molar-refractivity contribution is 5.80. The minimum Gasteiger partial charge on any atom is -0.481 e. The molecule has 0 aromatic heterocycles. The van der Waals surface area contributed by atoms with Crippen LogP contribution in [0.3, 0.4) is 0 Å². The minimum atomic E-state index is -0.862. The number of carbonyl (C=O) groups excluding carboxylic acids is 1. The Kier molecular flexibility index (Phi) is 3.92. The maximum Gasteiger partial charge on any atom is 0.317 e. The standard InChI is InChI=1S/C14H17FN2O3/c1-17(8-10-2-4-11(15)5-3-10)13(20)16-9-14(6-7-14)12(18)19/h2-5H,6-9H2,1H3,(H,16,20)(H,18,19). The second kappa shape index (κ2) is 5.48. The lowest BCUT2D eigenvalue weighted by Gasteiger charge is -2.19. The molecule has 1 saturated carbocycles. The molecule has 108 valence electrons. The summed E-state index contributed by atoms with van der Waals surface area (Å²) in [6, 6.07) is 5.56. The Labute approximate surface area is 116 Å². The fraction of sp³-hybridized carbons (Fsp3) is 0.429. The molecule has 0 heterocycles. The summed E-state index contributed by atoms with van der Waals surface area (Å²) in [5, 5.41) is 11.6. The van der Waals surface area contributed by atoms with E-state index in [-0.39, 0.29) is 18.4 Å². The minimum absolute atomic E-state index is 0.148. The van der Waals surface area contributed by atoms with Crippen LogP contribution >= 0.6 is 0 Å². The van der Waals surface area contributed by atoms with E-state index in [1.807, 2.05) is 0 Å². The molecule has 0 unspecified atom stereocenters. The molecular weight excluding hydrogens is 263 g/mol. The van der Waals surface area contributed by atoms with Gasteiger partial charge in [0.05, 0.1) is 5.41 Å². The van der Waals surface area contributed by atoms with Crippen LogP contribution in [0.4, 0.5) is 9.18 Å². The molecule has 2 N–H and O–H groups in total. The van der Waals surface area contributed by atoms with E-state index in [2.05, 4.69) is 5.32 Å². The Morgan fingerprint density at radius 2 is 1.95 bits per heavy atom. The average molecular weight is 280 g/mol. The first kappa shape index (κ1) is 14.3. The molecule has 5 nitrogen and oxygen atoms in total. The molecule has 2 rings (SSSR count). The van der Waals surface area contributed by atoms with E-state index in [0.717, 1.165) is 5.56 Å². The topological polar surface area (TPSA) is 69.6 Å². The quantitative estimate of drug-likeness (QED) is 0.864. The third kappa shape index (κ3) is 3.26. The number of amides is 2. The summed E-state index contributed by atoms with van der Waals surface area (Å²) in [6.07, 6.45) is 1.20. The predicted octanol–water partition coefficient (Wildman–Crippen LogP) is 1.83. The largest absolute Gasteiger partial charge is 0.481 e. The Balaban J connectivity index is 1.83. The number of rotatable bonds is 5. The molecule has 6 heteroatoms. The Hall–Kier alpha value is -2.11. The number of carboxylic acids is 1. The molecule has 20 heavy (non-hydrogen) atoms. The van der Waals surface area contributed by atoms with Gasteiger partial charge in [-0.05, 0) is 30.5 Å². The molecule has 0 saturated heterocycles. The summed E-state index contributed by atoms with van der Waals surface area (Å²) >= 11 is 0. The van der Waals surface area contributed by atoms with E-state index in [1.165, 1.54) is 17.0 Å². The maximum atomic E-state index is 12.8. The lowest BCUT2D eigenvalue weighted by atomic mass is 10.1. The Morgan fingerprint density at radius 1 is 1.35 bits per heavy atom. The summed E-state index contributed by atoms with van der Waals surface area (Å²) in [4.78, 5) is 24.3. The molecule has 1 aliphatic rings. The van der Waals surface area contributed by atoms with E-state index in [1.54, 1.807) is 19.2 Å². The van der Waals surface area contributed by atoms with E-state index in [9.17, 15) is 14.0 Å². The van der Waals surface area contributed by atoms with Gasteiger partial charge in [-0.15, -0.1) is 0 Å². The average Bonchev–Trinajstić information content (AvgIpc) is 3.20. The van der Waals surface area contributed by atoms with Crippen LogP contribution in [0.5, 0.6) is 0 Å². The fourth-order valence-electron chi connectivity index (χ4n) is 1.93. The molecule has 0 spiro atoms. The van der Waals surface area contributed by atoms with Crippen molar-refractivity contribution in [2.24, 2.45) is 5.41 Å². The van der Waals surface area contributed by atoms with Crippen molar-refractivity contribution in [3.63, 3.8) is 0 Å². The van der Waals surface area contributed by atoms with Gasteiger partial charge in [0.1, 0.15) is 5.82 Å². The van der Waals surface area contributed by atoms with Crippen LogP contribution in [0.25, 0.3) is 0 Å². The number of aliphatic carboxylic acids is 1. The highest BCUT2D eigenvalue weighted by Crippen LogP contribution is 2.45. The number of halogens is 1. The second-order valence-corrected chi connectivity index (χ2v) is 5.23. The van der Waals surface area contributed by atoms with E-state index >= 15 is 0 Å². The first-order valence-electron chi connectivity index (χ1n) is 6.40. The first-order valence-corrected chi connectivity index (χ1v) is 6.40. The zero-order chi connectivity index (χ0) is 14.8. The van der Waals surface area contributed by atoms with Gasteiger partial charge in [-0.1, -0.05) is 12.1 Å². The van der Waals surface area contributed by atoms with Crippen LogP contribution in [0.15, 0.2) is 24.3 Å². The summed E-state index contributed by atoms with van der Waals surface area (Å²) in [5.74, 6) is -1.18. The van der Waals surface area contributed by atoms with Crippen molar-refractivity contribution in [1.82, 2.24) is 10.2 Å². The summed E-state index contributed by atoms with van der Waals surface area (Å²) in [7, 11) is 1.61. The zero-order valence-electron chi connectivity index (χ0n) is 11.2. The number of carbonyl (C=O) groups is 2. The second-order valence-electron chi connectivity index (χ2n) is 5.23. The van der Waals surface area contributed by atoms with Crippen molar-refractivity contribution < 1.29 is 19.1 Å². The van der Waals surface area contributed by atoms with Crippen LogP contribution < -0.4 is 5.32 Å². The number of hydrogen-bond donors (Lipinski definition) is 2. The van der Waals surface area contributed by atoms with Gasteiger partial charge in [0.15, 0.2) is 0 Å². The molecule has 0 bridgehead atoms. The van der Waals surface area contributed by atoms with Crippen LogP contribution in [0, 0.1) is 11.2 Å². The lowest BCUT2D eigenvalue weighted by Crippen LogP contribution is -2.41. The molecule has 0 atom stereocenters. The predicted molar refractivity (Wildman–Crippen MR) is 70.6 cm³/mol. The molecule has 1 fully saturated rings. The summed E-state index contributed by atoms with van der Waals surface area (Å²) < 4.78 is 12.8. The van der Waals surface area contributed by atoms with Crippen molar-refractivity contribution in [3.05, 3.63) is 35.6 Å². The van der Waals surface area contributed by atoms with Crippen molar-refractivity contribution in [2.75, 3.05) is 13.6 Å². The molecule has 1 aromatic carbocycles. The van der Waals surface area contributed by atoms with Gasteiger partial charge < -0.3 is 15.3 Å². The van der Waals surface area contributed by atoms with Crippen LogP contribution in [-0.4, -0.2) is 35.6 Å². The van der Waals surface area contributed by atoms with Crippen molar-refractivity contribution in [3.8, 4) is 0 Å². The van der Waals surface area contributed by atoms with Gasteiger partial charge in [0.25, 0.3) is 0 Å². The maximum absolute atomic E-state index is 12.8. The number of urea groups is 1. The first-order chi connectivity index (χ1) is 9.43. The number of benzene rings is 1. The normalized spacial score (nSPS) is 15.5. The summed E-state index contributed by atoms with van der Waals surface area (Å²) in [6.45, 7) is 0.487. The van der Waals surface area contributed by atoms with Gasteiger partial charge in [-0.2, -0.15) is 0 Å². The smallest absolute Gasteiger partial charge is 0.317 e. The molecule has 0 aliphatic heterocycles. The Morgan fingerprint density at radius 3 is 2.45 bits per heavy atom. The fourth-order valence-corrected chi connectivity index (χ4v) is 1.93. The lowest BCUT2D eigenvalue weighted by molar-refractivity contribution is -0.143. The molecule has 1 aromatic rings. The third-order valence-electron chi connectivity index (χ3n) is 3.56. The molecule has 0 radical (unpaired) electrons. The number of hydrogen-bond acceptors (Lipinski definition) is 2. The highest BCUT2D eigenvalue weighted by Gasteiger charge is 2.50. The van der Waals surface area contributed by atoms with Gasteiger partial charge in [-0.25, -0.2) is 9.18 Å². The van der Waals surface area contributed by atoms with Crippen LogP contribution in [-0.2, 0) is 11.3 Å². The zero-order valence-corrected chi connectivity index (χ0v) is 11.2.